The van der Waals surface area contributed by atoms with Crippen LogP contribution in [0.2, 0.25) is 5.02 Å². The molecule has 0 fully saturated rings. The number of aromatic amines is 1. The van der Waals surface area contributed by atoms with Crippen molar-refractivity contribution in [2.24, 2.45) is 7.05 Å². The molecule has 29 heavy (non-hydrogen) atoms. The maximum atomic E-state index is 12.4. The van der Waals surface area contributed by atoms with Crippen molar-refractivity contribution in [1.82, 2.24) is 24.1 Å². The summed E-state index contributed by atoms with van der Waals surface area (Å²) in [5, 5.41) is 1.59. The number of aromatic nitrogens is 5. The van der Waals surface area contributed by atoms with Crippen molar-refractivity contribution in [3.63, 3.8) is 0 Å². The Labute approximate surface area is 171 Å². The summed E-state index contributed by atoms with van der Waals surface area (Å²) in [4.78, 5) is 24.6. The van der Waals surface area contributed by atoms with Crippen LogP contribution in [0.1, 0.15) is 11.4 Å². The molecule has 0 aliphatic heterocycles. The Bertz CT molecular complexity index is 1440. The first kappa shape index (κ1) is 17.7. The van der Waals surface area contributed by atoms with E-state index in [1.165, 1.54) is 0 Å². The first-order valence-corrected chi connectivity index (χ1v) is 9.63. The van der Waals surface area contributed by atoms with Crippen LogP contribution in [0, 0.1) is 6.92 Å². The Morgan fingerprint density at radius 1 is 1.21 bits per heavy atom. The minimum Gasteiger partial charge on any atom is -0.357 e. The van der Waals surface area contributed by atoms with Gasteiger partial charge in [0.2, 0.25) is 0 Å². The number of halogens is 1. The number of hydrogen-bond donors (Lipinski definition) is 1. The maximum Gasteiger partial charge on any atom is 0.274 e. The summed E-state index contributed by atoms with van der Waals surface area (Å²) in [6.45, 7) is 2.63. The number of aryl methyl sites for hydroxylation is 2. The highest BCUT2D eigenvalue weighted by Crippen LogP contribution is 2.28. The summed E-state index contributed by atoms with van der Waals surface area (Å²) in [6, 6.07) is 11.8. The number of nitrogens with one attached hydrogen (secondary N) is 1. The number of pyridine rings is 2. The zero-order valence-electron chi connectivity index (χ0n) is 16.0. The molecule has 4 heterocycles. The summed E-state index contributed by atoms with van der Waals surface area (Å²) >= 11 is 6.15. The lowest BCUT2D eigenvalue weighted by atomic mass is 10.1. The zero-order chi connectivity index (χ0) is 20.1. The Morgan fingerprint density at radius 3 is 2.90 bits per heavy atom. The van der Waals surface area contributed by atoms with Crippen molar-refractivity contribution >= 4 is 33.7 Å². The molecule has 144 valence electrons. The van der Waals surface area contributed by atoms with E-state index in [-0.39, 0.29) is 5.56 Å². The average molecular weight is 404 g/mol. The molecule has 0 saturated carbocycles. The van der Waals surface area contributed by atoms with Gasteiger partial charge >= 0.3 is 0 Å². The van der Waals surface area contributed by atoms with E-state index in [1.807, 2.05) is 49.6 Å². The Kier molecular flexibility index (Phi) is 4.03. The number of rotatable bonds is 3. The molecule has 0 atom stereocenters. The van der Waals surface area contributed by atoms with Gasteiger partial charge in [-0.3, -0.25) is 4.79 Å². The van der Waals surface area contributed by atoms with Crippen molar-refractivity contribution < 1.29 is 0 Å². The molecule has 6 nitrogen and oxygen atoms in total. The highest BCUT2D eigenvalue weighted by Gasteiger charge is 2.14. The second kappa shape index (κ2) is 6.60. The monoisotopic (exact) mass is 403 g/mol. The Hall–Kier alpha value is -3.38. The standard InChI is InChI=1S/C22H18ClN5O/c1-13-26-21-19(28(13)11-14-4-3-5-16(23)8-14)9-15(10-25-21)18-12-27(2)22(29)20-17(18)6-7-24-20/h3-10,12,24H,11H2,1-2H3. The number of fused-ring (bicyclic) bond motifs is 2. The molecule has 1 N–H and O–H groups in total. The second-order valence-corrected chi connectivity index (χ2v) is 7.60. The highest BCUT2D eigenvalue weighted by atomic mass is 35.5. The van der Waals surface area contributed by atoms with E-state index >= 15 is 0 Å². The largest absolute Gasteiger partial charge is 0.357 e. The van der Waals surface area contributed by atoms with E-state index in [0.29, 0.717) is 22.7 Å². The summed E-state index contributed by atoms with van der Waals surface area (Å²) in [5.74, 6) is 0.886. The third-order valence-corrected chi connectivity index (χ3v) is 5.47. The molecular formula is C22H18ClN5O. The zero-order valence-corrected chi connectivity index (χ0v) is 16.7. The Balaban J connectivity index is 1.69. The van der Waals surface area contributed by atoms with E-state index in [4.69, 9.17) is 11.6 Å². The van der Waals surface area contributed by atoms with Crippen LogP contribution in [-0.2, 0) is 13.6 Å². The van der Waals surface area contributed by atoms with Crippen LogP contribution in [0.3, 0.4) is 0 Å². The minimum absolute atomic E-state index is 0.0513. The predicted octanol–water partition coefficient (Wildman–Crippen LogP) is 4.29. The fourth-order valence-electron chi connectivity index (χ4n) is 3.78. The lowest BCUT2D eigenvalue weighted by Gasteiger charge is -2.10. The third kappa shape index (κ3) is 2.93. The molecular weight excluding hydrogens is 386 g/mol. The second-order valence-electron chi connectivity index (χ2n) is 7.17. The third-order valence-electron chi connectivity index (χ3n) is 5.23. The van der Waals surface area contributed by atoms with Gasteiger partial charge in [-0.1, -0.05) is 23.7 Å². The fourth-order valence-corrected chi connectivity index (χ4v) is 4.00. The van der Waals surface area contributed by atoms with E-state index in [0.717, 1.165) is 33.4 Å². The lowest BCUT2D eigenvalue weighted by molar-refractivity contribution is 0.786. The van der Waals surface area contributed by atoms with Crippen molar-refractivity contribution in [3.05, 3.63) is 81.8 Å². The molecule has 0 spiro atoms. The molecule has 5 aromatic rings. The van der Waals surface area contributed by atoms with Gasteiger partial charge in [0.15, 0.2) is 5.65 Å². The van der Waals surface area contributed by atoms with Crippen LogP contribution in [0.15, 0.2) is 59.8 Å². The smallest absolute Gasteiger partial charge is 0.274 e. The first-order valence-electron chi connectivity index (χ1n) is 9.25. The first-order chi connectivity index (χ1) is 14.0. The fraction of sp³-hybridized carbons (Fsp3) is 0.136. The molecule has 0 radical (unpaired) electrons. The van der Waals surface area contributed by atoms with Gasteiger partial charge in [0, 0.05) is 53.7 Å². The topological polar surface area (TPSA) is 68.5 Å². The molecule has 0 amide bonds. The number of hydrogen-bond acceptors (Lipinski definition) is 3. The van der Waals surface area contributed by atoms with Crippen LogP contribution < -0.4 is 5.56 Å². The van der Waals surface area contributed by atoms with Crippen LogP contribution >= 0.6 is 11.6 Å². The summed E-state index contributed by atoms with van der Waals surface area (Å²) in [7, 11) is 1.76. The molecule has 0 bridgehead atoms. The van der Waals surface area contributed by atoms with Crippen LogP contribution in [-0.4, -0.2) is 24.1 Å². The molecule has 0 saturated heterocycles. The van der Waals surface area contributed by atoms with Gasteiger partial charge in [-0.25, -0.2) is 9.97 Å². The maximum absolute atomic E-state index is 12.4. The molecule has 5 rings (SSSR count). The molecule has 0 aliphatic carbocycles. The molecule has 0 unspecified atom stereocenters. The highest BCUT2D eigenvalue weighted by molar-refractivity contribution is 6.30. The number of H-pyrrole nitrogens is 1. The van der Waals surface area contributed by atoms with Crippen molar-refractivity contribution in [1.29, 1.82) is 0 Å². The van der Waals surface area contributed by atoms with E-state index in [1.54, 1.807) is 17.8 Å². The molecule has 7 heteroatoms. The number of benzene rings is 1. The molecule has 1 aromatic carbocycles. The van der Waals surface area contributed by atoms with Crippen molar-refractivity contribution in [2.45, 2.75) is 13.5 Å². The SMILES string of the molecule is Cc1nc2ncc(-c3cn(C)c(=O)c4[nH]ccc34)cc2n1Cc1cccc(Cl)c1. The lowest BCUT2D eigenvalue weighted by Crippen LogP contribution is -2.16. The van der Waals surface area contributed by atoms with Gasteiger partial charge in [-0.05, 0) is 36.8 Å². The van der Waals surface area contributed by atoms with Gasteiger partial charge in [0.05, 0.1) is 5.52 Å². The van der Waals surface area contributed by atoms with Gasteiger partial charge < -0.3 is 14.1 Å². The minimum atomic E-state index is -0.0513. The number of nitrogens with zero attached hydrogens (tertiary/aromatic N) is 4. The van der Waals surface area contributed by atoms with Gasteiger partial charge in [0.25, 0.3) is 5.56 Å². The normalized spacial score (nSPS) is 11.6. The van der Waals surface area contributed by atoms with E-state index in [2.05, 4.69) is 25.6 Å². The molecule has 0 aliphatic rings. The summed E-state index contributed by atoms with van der Waals surface area (Å²) in [5.41, 5.74) is 5.16. The summed E-state index contributed by atoms with van der Waals surface area (Å²) in [6.07, 6.45) is 5.45. The number of imidazole rings is 1. The van der Waals surface area contributed by atoms with Gasteiger partial charge in [0.1, 0.15) is 11.3 Å². The van der Waals surface area contributed by atoms with Crippen molar-refractivity contribution in [2.75, 3.05) is 0 Å². The van der Waals surface area contributed by atoms with Crippen LogP contribution in [0.25, 0.3) is 33.2 Å². The van der Waals surface area contributed by atoms with Crippen LogP contribution in [0.5, 0.6) is 0 Å². The van der Waals surface area contributed by atoms with E-state index in [9.17, 15) is 4.79 Å². The van der Waals surface area contributed by atoms with Crippen molar-refractivity contribution in [3.8, 4) is 11.1 Å². The summed E-state index contributed by atoms with van der Waals surface area (Å²) < 4.78 is 3.72. The quantitative estimate of drug-likeness (QED) is 0.488. The average Bonchev–Trinajstić information content (AvgIpc) is 3.30. The van der Waals surface area contributed by atoms with Crippen LogP contribution in [0.4, 0.5) is 0 Å². The van der Waals surface area contributed by atoms with E-state index < -0.39 is 0 Å². The predicted molar refractivity (Wildman–Crippen MR) is 115 cm³/mol. The van der Waals surface area contributed by atoms with Gasteiger partial charge in [-0.15, -0.1) is 0 Å². The van der Waals surface area contributed by atoms with Gasteiger partial charge in [-0.2, -0.15) is 0 Å². The Morgan fingerprint density at radius 2 is 2.07 bits per heavy atom. The molecule has 4 aromatic heterocycles.